The van der Waals surface area contributed by atoms with Crippen LogP contribution < -0.4 is 26.4 Å². The number of hydrogen-bond donors (Lipinski definition) is 5. The highest BCUT2D eigenvalue weighted by molar-refractivity contribution is 6.05. The molecule has 1 aliphatic carbocycles. The van der Waals surface area contributed by atoms with E-state index in [-0.39, 0.29) is 18.0 Å². The molecule has 6 N–H and O–H groups in total. The molecule has 1 aliphatic rings. The topological polar surface area (TPSA) is 121 Å². The minimum absolute atomic E-state index is 0.0811. The lowest BCUT2D eigenvalue weighted by molar-refractivity contribution is 0.102. The smallest absolute Gasteiger partial charge is 0.315 e. The van der Waals surface area contributed by atoms with Crippen LogP contribution in [0.25, 0.3) is 10.9 Å². The van der Waals surface area contributed by atoms with Crippen LogP contribution in [0.1, 0.15) is 39.5 Å². The lowest BCUT2D eigenvalue weighted by Gasteiger charge is -2.15. The second-order valence-corrected chi connectivity index (χ2v) is 8.92. The molecule has 8 heteroatoms. The number of H-pyrrole nitrogens is 1. The van der Waals surface area contributed by atoms with Gasteiger partial charge in [0.25, 0.3) is 5.91 Å². The monoisotopic (exact) mass is 483 g/mol. The van der Waals surface area contributed by atoms with Crippen molar-refractivity contribution < 1.29 is 14.3 Å². The van der Waals surface area contributed by atoms with Gasteiger partial charge in [0.1, 0.15) is 5.75 Å². The van der Waals surface area contributed by atoms with E-state index in [2.05, 4.69) is 20.9 Å². The normalized spacial score (nSPS) is 14.3. The molecule has 0 spiro atoms. The van der Waals surface area contributed by atoms with Crippen molar-refractivity contribution in [3.05, 3.63) is 89.1 Å². The third-order valence-corrected chi connectivity index (χ3v) is 6.65. The van der Waals surface area contributed by atoms with Gasteiger partial charge in [-0.05, 0) is 72.4 Å². The summed E-state index contributed by atoms with van der Waals surface area (Å²) in [6.45, 7) is 0.520. The maximum atomic E-state index is 12.7. The number of benzene rings is 3. The standard InChI is InChI=1S/C28H29N5O3/c1-36-20-8-10-22-19(16-31-26(22)15-20)12-13-30-28(35)33-24-11-7-17-14-18(6-9-21(17)24)27(34)32-25-5-3-2-4-23(25)29/h2-6,8-10,14-16,24,31H,7,11-13,29H2,1H3,(H,32,34)(H2,30,33,35). The van der Waals surface area contributed by atoms with Crippen LogP contribution in [0.2, 0.25) is 0 Å². The molecule has 0 fully saturated rings. The minimum Gasteiger partial charge on any atom is -0.497 e. The third-order valence-electron chi connectivity index (χ3n) is 6.65. The Morgan fingerprint density at radius 1 is 1.11 bits per heavy atom. The average Bonchev–Trinajstić information content (AvgIpc) is 3.48. The summed E-state index contributed by atoms with van der Waals surface area (Å²) in [6, 6.07) is 18.4. The van der Waals surface area contributed by atoms with E-state index < -0.39 is 0 Å². The van der Waals surface area contributed by atoms with E-state index in [9.17, 15) is 9.59 Å². The summed E-state index contributed by atoms with van der Waals surface area (Å²) in [4.78, 5) is 28.5. The van der Waals surface area contributed by atoms with Crippen molar-refractivity contribution in [2.45, 2.75) is 25.3 Å². The number of aromatic nitrogens is 1. The van der Waals surface area contributed by atoms with Gasteiger partial charge >= 0.3 is 6.03 Å². The van der Waals surface area contributed by atoms with Crippen LogP contribution in [0.3, 0.4) is 0 Å². The lowest BCUT2D eigenvalue weighted by atomic mass is 10.0. The molecule has 1 atom stereocenters. The summed E-state index contributed by atoms with van der Waals surface area (Å²) in [7, 11) is 1.65. The largest absolute Gasteiger partial charge is 0.497 e. The fourth-order valence-electron chi connectivity index (χ4n) is 4.73. The molecule has 0 aliphatic heterocycles. The number of ether oxygens (including phenoxy) is 1. The first-order chi connectivity index (χ1) is 17.5. The van der Waals surface area contributed by atoms with E-state index >= 15 is 0 Å². The van der Waals surface area contributed by atoms with Gasteiger partial charge in [-0.2, -0.15) is 0 Å². The fourth-order valence-corrected chi connectivity index (χ4v) is 4.73. The van der Waals surface area contributed by atoms with Crippen LogP contribution in [0.4, 0.5) is 16.2 Å². The molecule has 0 bridgehead atoms. The highest BCUT2D eigenvalue weighted by Gasteiger charge is 2.25. The number of hydrogen-bond acceptors (Lipinski definition) is 4. The van der Waals surface area contributed by atoms with Gasteiger partial charge in [-0.25, -0.2) is 4.79 Å². The summed E-state index contributed by atoms with van der Waals surface area (Å²) in [6.07, 6.45) is 4.28. The molecule has 184 valence electrons. The maximum Gasteiger partial charge on any atom is 0.315 e. The number of fused-ring (bicyclic) bond motifs is 2. The number of rotatable bonds is 7. The summed E-state index contributed by atoms with van der Waals surface area (Å²) in [5, 5.41) is 10.0. The summed E-state index contributed by atoms with van der Waals surface area (Å²) in [5.41, 5.74) is 11.9. The predicted octanol–water partition coefficient (Wildman–Crippen LogP) is 4.54. The molecule has 1 heterocycles. The van der Waals surface area contributed by atoms with Gasteiger partial charge in [0, 0.05) is 35.3 Å². The van der Waals surface area contributed by atoms with Crippen LogP contribution in [-0.2, 0) is 12.8 Å². The van der Waals surface area contributed by atoms with Gasteiger partial charge in [-0.1, -0.05) is 18.2 Å². The van der Waals surface area contributed by atoms with Gasteiger partial charge in [0.15, 0.2) is 0 Å². The first kappa shape index (κ1) is 23.3. The number of anilines is 2. The second-order valence-electron chi connectivity index (χ2n) is 8.92. The summed E-state index contributed by atoms with van der Waals surface area (Å²) in [5.74, 6) is 0.597. The van der Waals surface area contributed by atoms with Gasteiger partial charge < -0.3 is 31.4 Å². The molecule has 8 nitrogen and oxygen atoms in total. The SMILES string of the molecule is COc1ccc2c(CCNC(=O)NC3CCc4cc(C(=O)Nc5ccccc5N)ccc43)c[nH]c2c1. The maximum absolute atomic E-state index is 12.7. The molecule has 1 aromatic heterocycles. The van der Waals surface area contributed by atoms with Crippen LogP contribution in [0.5, 0.6) is 5.75 Å². The van der Waals surface area contributed by atoms with Gasteiger partial charge in [0.2, 0.25) is 0 Å². The van der Waals surface area contributed by atoms with Gasteiger partial charge in [0.05, 0.1) is 24.5 Å². The molecular formula is C28H29N5O3. The predicted molar refractivity (Wildman–Crippen MR) is 141 cm³/mol. The first-order valence-electron chi connectivity index (χ1n) is 12.0. The molecule has 0 saturated heterocycles. The van der Waals surface area contributed by atoms with Crippen LogP contribution in [0.15, 0.2) is 66.9 Å². The van der Waals surface area contributed by atoms with E-state index in [1.807, 2.05) is 48.7 Å². The number of para-hydroxylation sites is 2. The Bertz CT molecular complexity index is 1430. The molecule has 1 unspecified atom stereocenters. The number of nitrogen functional groups attached to an aromatic ring is 1. The molecule has 0 radical (unpaired) electrons. The number of carbonyl (C=O) groups excluding carboxylic acids is 2. The van der Waals surface area contributed by atoms with E-state index in [1.165, 1.54) is 0 Å². The Morgan fingerprint density at radius 3 is 2.81 bits per heavy atom. The number of carbonyl (C=O) groups is 2. The summed E-state index contributed by atoms with van der Waals surface area (Å²) < 4.78 is 5.27. The van der Waals surface area contributed by atoms with Crippen LogP contribution in [-0.4, -0.2) is 30.6 Å². The molecule has 3 aromatic carbocycles. The Balaban J connectivity index is 1.15. The molecule has 3 amide bonds. The molecule has 5 rings (SSSR count). The van der Waals surface area contributed by atoms with E-state index in [0.717, 1.165) is 46.2 Å². The zero-order chi connectivity index (χ0) is 25.1. The van der Waals surface area contributed by atoms with Crippen molar-refractivity contribution in [3.8, 4) is 5.75 Å². The number of nitrogens with two attached hydrogens (primary N) is 1. The van der Waals surface area contributed by atoms with Crippen molar-refractivity contribution in [1.29, 1.82) is 0 Å². The Kier molecular flexibility index (Phi) is 6.49. The van der Waals surface area contributed by atoms with Crippen molar-refractivity contribution >= 4 is 34.2 Å². The van der Waals surface area contributed by atoms with Crippen LogP contribution in [0, 0.1) is 0 Å². The van der Waals surface area contributed by atoms with Crippen molar-refractivity contribution in [2.24, 2.45) is 0 Å². The highest BCUT2D eigenvalue weighted by atomic mass is 16.5. The summed E-state index contributed by atoms with van der Waals surface area (Å²) >= 11 is 0. The quantitative estimate of drug-likeness (QED) is 0.248. The zero-order valence-electron chi connectivity index (χ0n) is 20.1. The molecule has 0 saturated carbocycles. The number of aromatic amines is 1. The lowest BCUT2D eigenvalue weighted by Crippen LogP contribution is -2.38. The average molecular weight is 484 g/mol. The third kappa shape index (κ3) is 4.84. The zero-order valence-corrected chi connectivity index (χ0v) is 20.1. The number of methoxy groups -OCH3 is 1. The number of urea groups is 1. The van der Waals surface area contributed by atoms with E-state index in [4.69, 9.17) is 10.5 Å². The molecule has 4 aromatic rings. The Morgan fingerprint density at radius 2 is 1.97 bits per heavy atom. The Hall–Kier alpha value is -4.46. The number of amides is 3. The van der Waals surface area contributed by atoms with Crippen molar-refractivity contribution in [2.75, 3.05) is 24.7 Å². The second kappa shape index (κ2) is 10.0. The Labute approximate surface area is 209 Å². The first-order valence-corrected chi connectivity index (χ1v) is 12.0. The van der Waals surface area contributed by atoms with Crippen molar-refractivity contribution in [1.82, 2.24) is 15.6 Å². The fraction of sp³-hybridized carbons (Fsp3) is 0.214. The number of nitrogens with one attached hydrogen (secondary N) is 4. The highest BCUT2D eigenvalue weighted by Crippen LogP contribution is 2.32. The van der Waals surface area contributed by atoms with Crippen molar-refractivity contribution in [3.63, 3.8) is 0 Å². The molecular weight excluding hydrogens is 454 g/mol. The number of aryl methyl sites for hydroxylation is 1. The van der Waals surface area contributed by atoms with E-state index in [1.54, 1.807) is 25.3 Å². The van der Waals surface area contributed by atoms with Gasteiger partial charge in [-0.15, -0.1) is 0 Å². The molecule has 36 heavy (non-hydrogen) atoms. The van der Waals surface area contributed by atoms with Gasteiger partial charge in [-0.3, -0.25) is 4.79 Å². The minimum atomic E-state index is -0.208. The van der Waals surface area contributed by atoms with E-state index in [0.29, 0.717) is 29.9 Å². The van der Waals surface area contributed by atoms with Crippen LogP contribution >= 0.6 is 0 Å².